The van der Waals surface area contributed by atoms with Crippen LogP contribution in [0.15, 0.2) is 35.4 Å². The number of esters is 1. The third-order valence-electron chi connectivity index (χ3n) is 5.19. The van der Waals surface area contributed by atoms with Crippen molar-refractivity contribution in [2.45, 2.75) is 39.5 Å². The third-order valence-corrected chi connectivity index (χ3v) is 5.64. The summed E-state index contributed by atoms with van der Waals surface area (Å²) in [5.74, 6) is 0.320. The van der Waals surface area contributed by atoms with Crippen molar-refractivity contribution in [1.82, 2.24) is 19.8 Å². The number of nitrogens with zero attached hydrogens (tertiary/aromatic N) is 3. The fraction of sp³-hybridized carbons (Fsp3) is 0.381. The summed E-state index contributed by atoms with van der Waals surface area (Å²) in [6, 6.07) is 7.64. The zero-order valence-electron chi connectivity index (χ0n) is 17.0. The molecular formula is C21H24ClN5O3. The largest absolute Gasteiger partial charge is 0.435 e. The average molecular weight is 430 g/mol. The first-order chi connectivity index (χ1) is 14.5. The summed E-state index contributed by atoms with van der Waals surface area (Å²) < 4.78 is 12.2. The maximum absolute atomic E-state index is 12.1. The quantitative estimate of drug-likeness (QED) is 0.327. The summed E-state index contributed by atoms with van der Waals surface area (Å²) in [4.78, 5) is 16.6. The third kappa shape index (κ3) is 4.34. The highest BCUT2D eigenvalue weighted by Crippen LogP contribution is 2.25. The molecule has 9 heteroatoms. The highest BCUT2D eigenvalue weighted by molar-refractivity contribution is 6.34. The fourth-order valence-corrected chi connectivity index (χ4v) is 3.62. The number of fused-ring (bicyclic) bond motifs is 1. The molecule has 0 saturated carbocycles. The Balaban J connectivity index is 1.25. The number of aryl methyl sites for hydroxylation is 1. The van der Waals surface area contributed by atoms with Crippen molar-refractivity contribution in [3.05, 3.63) is 46.1 Å². The number of hydrogen-bond donors (Lipinski definition) is 2. The molecule has 3 aromatic rings. The van der Waals surface area contributed by atoms with Crippen molar-refractivity contribution in [2.24, 2.45) is 0 Å². The van der Waals surface area contributed by atoms with Crippen LogP contribution in [0, 0.1) is 6.92 Å². The van der Waals surface area contributed by atoms with Gasteiger partial charge in [0.05, 0.1) is 5.69 Å². The van der Waals surface area contributed by atoms with E-state index in [0.29, 0.717) is 16.5 Å². The number of allylic oxidation sites excluding steroid dienone is 1. The summed E-state index contributed by atoms with van der Waals surface area (Å²) in [6.45, 7) is 4.02. The molecule has 0 saturated heterocycles. The standard InChI is InChI=1S/C21H24ClN5O3/c1-13-5-3-4-6-17(13)21(28)30-12-29-11-23-16-9-7-15(8-10-16)19-24-20-18(22)14(2)25-27(20)26-19/h7-10,23,25H,3-6,11-12H2,1-2H3. The van der Waals surface area contributed by atoms with E-state index in [2.05, 4.69) is 20.5 Å². The van der Waals surface area contributed by atoms with Gasteiger partial charge >= 0.3 is 5.97 Å². The van der Waals surface area contributed by atoms with E-state index in [1.54, 1.807) is 4.63 Å². The molecule has 0 radical (unpaired) electrons. The van der Waals surface area contributed by atoms with E-state index >= 15 is 0 Å². The first-order valence-corrected chi connectivity index (χ1v) is 10.3. The van der Waals surface area contributed by atoms with Gasteiger partial charge in [-0.15, -0.1) is 5.10 Å². The SMILES string of the molecule is CC1=C(C(=O)OCOCNc2ccc(-c3nc4c(Cl)c(C)[nH]n4n3)cc2)CCCC1. The molecule has 1 aliphatic rings. The lowest BCUT2D eigenvalue weighted by atomic mass is 9.93. The van der Waals surface area contributed by atoms with Gasteiger partial charge in [0.25, 0.3) is 0 Å². The highest BCUT2D eigenvalue weighted by atomic mass is 35.5. The molecule has 2 aromatic heterocycles. The molecule has 0 unspecified atom stereocenters. The zero-order valence-corrected chi connectivity index (χ0v) is 17.8. The van der Waals surface area contributed by atoms with Crippen LogP contribution >= 0.6 is 11.6 Å². The van der Waals surface area contributed by atoms with Gasteiger partial charge in [-0.25, -0.2) is 9.78 Å². The van der Waals surface area contributed by atoms with E-state index in [-0.39, 0.29) is 19.5 Å². The fourth-order valence-electron chi connectivity index (χ4n) is 3.46. The Hall–Kier alpha value is -2.84. The Morgan fingerprint density at radius 3 is 2.73 bits per heavy atom. The lowest BCUT2D eigenvalue weighted by molar-refractivity contribution is -0.151. The van der Waals surface area contributed by atoms with Crippen molar-refractivity contribution in [3.8, 4) is 11.4 Å². The van der Waals surface area contributed by atoms with Gasteiger partial charge in [0.2, 0.25) is 0 Å². The van der Waals surface area contributed by atoms with E-state index in [9.17, 15) is 4.79 Å². The number of H-pyrrole nitrogens is 1. The Kier molecular flexibility index (Phi) is 6.06. The van der Waals surface area contributed by atoms with Crippen molar-refractivity contribution in [1.29, 1.82) is 0 Å². The topological polar surface area (TPSA) is 93.5 Å². The van der Waals surface area contributed by atoms with Crippen LogP contribution < -0.4 is 5.32 Å². The first kappa shape index (κ1) is 20.4. The molecule has 8 nitrogen and oxygen atoms in total. The first-order valence-electron chi connectivity index (χ1n) is 9.91. The second kappa shape index (κ2) is 8.89. The molecule has 1 aliphatic carbocycles. The molecule has 0 atom stereocenters. The Bertz CT molecular complexity index is 1080. The number of halogens is 1. The van der Waals surface area contributed by atoms with Gasteiger partial charge in [-0.3, -0.25) is 5.10 Å². The Morgan fingerprint density at radius 2 is 2.00 bits per heavy atom. The molecule has 0 spiro atoms. The van der Waals surface area contributed by atoms with E-state index in [0.717, 1.165) is 53.8 Å². The second-order valence-electron chi connectivity index (χ2n) is 7.34. The van der Waals surface area contributed by atoms with Gasteiger partial charge < -0.3 is 14.8 Å². The summed E-state index contributed by atoms with van der Waals surface area (Å²) in [5.41, 5.74) is 5.11. The summed E-state index contributed by atoms with van der Waals surface area (Å²) in [6.07, 6.45) is 3.95. The minimum atomic E-state index is -0.268. The van der Waals surface area contributed by atoms with Gasteiger partial charge in [0.1, 0.15) is 11.8 Å². The van der Waals surface area contributed by atoms with E-state index in [1.165, 1.54) is 0 Å². The van der Waals surface area contributed by atoms with E-state index in [4.69, 9.17) is 21.1 Å². The van der Waals surface area contributed by atoms with Gasteiger partial charge in [-0.2, -0.15) is 4.63 Å². The molecule has 158 valence electrons. The monoisotopic (exact) mass is 429 g/mol. The molecule has 0 fully saturated rings. The van der Waals surface area contributed by atoms with Gasteiger partial charge in [-0.1, -0.05) is 17.2 Å². The second-order valence-corrected chi connectivity index (χ2v) is 7.72. The van der Waals surface area contributed by atoms with Crippen LogP contribution in [-0.4, -0.2) is 39.3 Å². The zero-order chi connectivity index (χ0) is 21.1. The summed E-state index contributed by atoms with van der Waals surface area (Å²) in [5, 5.41) is 11.1. The lowest BCUT2D eigenvalue weighted by Crippen LogP contribution is -2.16. The number of carbonyl (C=O) groups excluding carboxylic acids is 1. The van der Waals surface area contributed by atoms with Gasteiger partial charge in [-0.05, 0) is 63.8 Å². The Labute approximate surface area is 179 Å². The van der Waals surface area contributed by atoms with E-state index in [1.807, 2.05) is 38.1 Å². The van der Waals surface area contributed by atoms with Crippen molar-refractivity contribution >= 4 is 28.9 Å². The average Bonchev–Trinajstić information content (AvgIpc) is 3.27. The number of anilines is 1. The van der Waals surface area contributed by atoms with Crippen molar-refractivity contribution < 1.29 is 14.3 Å². The number of rotatable bonds is 7. The van der Waals surface area contributed by atoms with Crippen LogP contribution in [-0.2, 0) is 14.3 Å². The number of benzene rings is 1. The van der Waals surface area contributed by atoms with Crippen molar-refractivity contribution in [3.63, 3.8) is 0 Å². The molecule has 0 amide bonds. The minimum absolute atomic E-state index is 0.0779. The number of ether oxygens (including phenoxy) is 2. The number of carbonyl (C=O) groups is 1. The van der Waals surface area contributed by atoms with E-state index < -0.39 is 0 Å². The predicted molar refractivity (Wildman–Crippen MR) is 114 cm³/mol. The summed E-state index contributed by atoms with van der Waals surface area (Å²) >= 11 is 6.21. The Morgan fingerprint density at radius 1 is 1.23 bits per heavy atom. The predicted octanol–water partition coefficient (Wildman–Crippen LogP) is 4.46. The van der Waals surface area contributed by atoms with Gasteiger partial charge in [0.15, 0.2) is 18.3 Å². The molecular weight excluding hydrogens is 406 g/mol. The molecule has 4 rings (SSSR count). The lowest BCUT2D eigenvalue weighted by Gasteiger charge is -2.16. The molecule has 2 heterocycles. The maximum Gasteiger partial charge on any atom is 0.336 e. The van der Waals surface area contributed by atoms with Crippen LogP contribution in [0.3, 0.4) is 0 Å². The maximum atomic E-state index is 12.1. The van der Waals surface area contributed by atoms with Crippen LogP contribution in [0.2, 0.25) is 5.02 Å². The van der Waals surface area contributed by atoms with Crippen LogP contribution in [0.5, 0.6) is 0 Å². The molecule has 30 heavy (non-hydrogen) atoms. The highest BCUT2D eigenvalue weighted by Gasteiger charge is 2.17. The summed E-state index contributed by atoms with van der Waals surface area (Å²) in [7, 11) is 0. The molecule has 0 aliphatic heterocycles. The van der Waals surface area contributed by atoms with Crippen LogP contribution in [0.25, 0.3) is 17.0 Å². The van der Waals surface area contributed by atoms with Crippen molar-refractivity contribution in [2.75, 3.05) is 18.8 Å². The number of aromatic amines is 1. The normalized spacial score (nSPS) is 14.4. The minimum Gasteiger partial charge on any atom is -0.435 e. The molecule has 2 N–H and O–H groups in total. The number of nitrogens with one attached hydrogen (secondary N) is 2. The van der Waals surface area contributed by atoms with Crippen LogP contribution in [0.1, 0.15) is 38.3 Å². The van der Waals surface area contributed by atoms with Crippen LogP contribution in [0.4, 0.5) is 5.69 Å². The smallest absolute Gasteiger partial charge is 0.336 e. The number of hydrogen-bond acceptors (Lipinski definition) is 6. The molecule has 0 bridgehead atoms. The van der Waals surface area contributed by atoms with Gasteiger partial charge in [0, 0.05) is 16.8 Å². The molecule has 1 aromatic carbocycles. The number of aromatic nitrogens is 4.